The Balaban J connectivity index is 4.38. The predicted molar refractivity (Wildman–Crippen MR) is 70.0 cm³/mol. The van der Waals surface area contributed by atoms with Gasteiger partial charge in [0.05, 0.1) is 7.11 Å². The van der Waals surface area contributed by atoms with Crippen molar-refractivity contribution in [1.29, 1.82) is 0 Å². The van der Waals surface area contributed by atoms with Crippen molar-refractivity contribution in [1.82, 2.24) is 0 Å². The highest BCUT2D eigenvalue weighted by molar-refractivity contribution is 5.91. The molecule has 0 rings (SSSR count). The number of methoxy groups -OCH3 is 1. The zero-order valence-corrected chi connectivity index (χ0v) is 11.6. The maximum Gasteiger partial charge on any atom is 0.318 e. The van der Waals surface area contributed by atoms with Crippen molar-refractivity contribution >= 4 is 11.9 Å². The van der Waals surface area contributed by atoms with Gasteiger partial charge >= 0.3 is 11.9 Å². The summed E-state index contributed by atoms with van der Waals surface area (Å²) in [4.78, 5) is 22.4. The smallest absolute Gasteiger partial charge is 0.318 e. The van der Waals surface area contributed by atoms with Gasteiger partial charge in [-0.05, 0) is 39.7 Å². The molecule has 0 saturated carbocycles. The van der Waals surface area contributed by atoms with Crippen LogP contribution in [0.4, 0.5) is 0 Å². The van der Waals surface area contributed by atoms with Crippen LogP contribution in [-0.2, 0) is 19.1 Å². The summed E-state index contributed by atoms with van der Waals surface area (Å²) in [5, 5.41) is 0. The summed E-state index contributed by atoms with van der Waals surface area (Å²) >= 11 is 0. The minimum absolute atomic E-state index is 0.372. The van der Waals surface area contributed by atoms with Gasteiger partial charge in [-0.25, -0.2) is 0 Å². The fourth-order valence-electron chi connectivity index (χ4n) is 1.33. The Kier molecular flexibility index (Phi) is 7.01. The first-order valence-corrected chi connectivity index (χ1v) is 5.88. The lowest BCUT2D eigenvalue weighted by Gasteiger charge is -2.25. The van der Waals surface area contributed by atoms with Crippen molar-refractivity contribution < 1.29 is 19.1 Å². The molecule has 4 heteroatoms. The fraction of sp³-hybridized carbons (Fsp3) is 0.571. The number of esters is 2. The minimum atomic E-state index is -0.753. The molecule has 0 saturated heterocycles. The van der Waals surface area contributed by atoms with Crippen LogP contribution >= 0.6 is 0 Å². The van der Waals surface area contributed by atoms with E-state index in [-0.39, 0.29) is 6.42 Å². The first-order chi connectivity index (χ1) is 8.33. The summed E-state index contributed by atoms with van der Waals surface area (Å²) in [5.41, 5.74) is 0.458. The van der Waals surface area contributed by atoms with Gasteiger partial charge in [-0.1, -0.05) is 18.2 Å². The van der Waals surface area contributed by atoms with Gasteiger partial charge in [0, 0.05) is 0 Å². The Morgan fingerprint density at radius 2 is 1.89 bits per heavy atom. The monoisotopic (exact) mass is 254 g/mol. The van der Waals surface area contributed by atoms with Crippen LogP contribution in [0.2, 0.25) is 0 Å². The van der Waals surface area contributed by atoms with Crippen LogP contribution in [0.25, 0.3) is 0 Å². The maximum absolute atomic E-state index is 11.5. The quantitative estimate of drug-likeness (QED) is 0.398. The van der Waals surface area contributed by atoms with Gasteiger partial charge in [-0.15, -0.1) is 0 Å². The molecule has 0 aromatic rings. The Morgan fingerprint density at radius 1 is 1.28 bits per heavy atom. The first kappa shape index (κ1) is 16.4. The second kappa shape index (κ2) is 7.69. The maximum atomic E-state index is 11.5. The summed E-state index contributed by atoms with van der Waals surface area (Å²) in [6, 6.07) is 0. The van der Waals surface area contributed by atoms with E-state index < -0.39 is 17.5 Å². The van der Waals surface area contributed by atoms with Gasteiger partial charge in [0.2, 0.25) is 0 Å². The van der Waals surface area contributed by atoms with Gasteiger partial charge in [0.15, 0.2) is 0 Å². The average molecular weight is 254 g/mol. The number of rotatable bonds is 7. The number of hydrogen-bond donors (Lipinski definition) is 0. The van der Waals surface area contributed by atoms with E-state index >= 15 is 0 Å². The van der Waals surface area contributed by atoms with E-state index in [9.17, 15) is 9.59 Å². The topological polar surface area (TPSA) is 52.6 Å². The van der Waals surface area contributed by atoms with E-state index in [1.807, 2.05) is 13.8 Å². The van der Waals surface area contributed by atoms with Crippen molar-refractivity contribution in [3.05, 3.63) is 24.3 Å². The van der Waals surface area contributed by atoms with E-state index in [1.165, 1.54) is 12.7 Å². The Morgan fingerprint density at radius 3 is 2.33 bits per heavy atom. The molecule has 0 amide bonds. The van der Waals surface area contributed by atoms with Crippen LogP contribution in [0.15, 0.2) is 24.3 Å². The SMILES string of the molecule is C=CC(C)(CCC=C(C)C)OC(=O)CC(=O)OC. The number of ether oxygens (including phenoxy) is 2. The second-order valence-corrected chi connectivity index (χ2v) is 4.56. The molecule has 0 radical (unpaired) electrons. The van der Waals surface area contributed by atoms with Gasteiger partial charge in [0.25, 0.3) is 0 Å². The highest BCUT2D eigenvalue weighted by atomic mass is 16.6. The zero-order valence-electron chi connectivity index (χ0n) is 11.6. The molecular weight excluding hydrogens is 232 g/mol. The highest BCUT2D eigenvalue weighted by Crippen LogP contribution is 2.20. The molecule has 102 valence electrons. The predicted octanol–water partition coefficient (Wildman–Crippen LogP) is 2.78. The van der Waals surface area contributed by atoms with Crippen molar-refractivity contribution in [3.63, 3.8) is 0 Å². The molecule has 0 aliphatic rings. The molecule has 0 spiro atoms. The molecule has 1 unspecified atom stereocenters. The van der Waals surface area contributed by atoms with E-state index in [2.05, 4.69) is 17.4 Å². The van der Waals surface area contributed by atoms with Gasteiger partial charge in [-0.2, -0.15) is 0 Å². The van der Waals surface area contributed by atoms with E-state index in [4.69, 9.17) is 4.74 Å². The van der Waals surface area contributed by atoms with Crippen LogP contribution in [0, 0.1) is 0 Å². The lowest BCUT2D eigenvalue weighted by atomic mass is 9.99. The molecule has 0 aromatic heterocycles. The van der Waals surface area contributed by atoms with Crippen LogP contribution in [0.3, 0.4) is 0 Å². The summed E-state index contributed by atoms with van der Waals surface area (Å²) < 4.78 is 9.66. The number of allylic oxidation sites excluding steroid dienone is 2. The third-order valence-electron chi connectivity index (χ3n) is 2.49. The van der Waals surface area contributed by atoms with E-state index in [0.717, 1.165) is 6.42 Å². The molecule has 0 aromatic carbocycles. The number of carbonyl (C=O) groups is 2. The van der Waals surface area contributed by atoms with Crippen LogP contribution in [0.1, 0.15) is 40.0 Å². The molecule has 0 aliphatic carbocycles. The molecule has 0 N–H and O–H groups in total. The van der Waals surface area contributed by atoms with Crippen molar-refractivity contribution in [2.24, 2.45) is 0 Å². The molecule has 18 heavy (non-hydrogen) atoms. The molecule has 0 aliphatic heterocycles. The first-order valence-electron chi connectivity index (χ1n) is 5.88. The molecule has 1 atom stereocenters. The van der Waals surface area contributed by atoms with Crippen LogP contribution in [-0.4, -0.2) is 24.6 Å². The third kappa shape index (κ3) is 6.89. The molecule has 0 bridgehead atoms. The summed E-state index contributed by atoms with van der Waals surface area (Å²) in [5.74, 6) is -1.20. The number of hydrogen-bond acceptors (Lipinski definition) is 4. The summed E-state index contributed by atoms with van der Waals surface area (Å²) in [7, 11) is 1.23. The Labute approximate surface area is 109 Å². The molecule has 4 nitrogen and oxygen atoms in total. The zero-order chi connectivity index (χ0) is 14.2. The summed E-state index contributed by atoms with van der Waals surface area (Å²) in [6.07, 6.45) is 4.70. The van der Waals surface area contributed by atoms with Gasteiger partial charge in [0.1, 0.15) is 12.0 Å². The van der Waals surface area contributed by atoms with Crippen molar-refractivity contribution in [3.8, 4) is 0 Å². The Bertz CT molecular complexity index is 340. The van der Waals surface area contributed by atoms with Gasteiger partial charge in [-0.3, -0.25) is 9.59 Å². The average Bonchev–Trinajstić information content (AvgIpc) is 2.27. The fourth-order valence-corrected chi connectivity index (χ4v) is 1.33. The van der Waals surface area contributed by atoms with Crippen molar-refractivity contribution in [2.45, 2.75) is 45.6 Å². The second-order valence-electron chi connectivity index (χ2n) is 4.56. The largest absolute Gasteiger partial charge is 0.469 e. The third-order valence-corrected chi connectivity index (χ3v) is 2.49. The normalized spacial score (nSPS) is 13.1. The Hall–Kier alpha value is -1.58. The lowest BCUT2D eigenvalue weighted by Crippen LogP contribution is -2.30. The van der Waals surface area contributed by atoms with Gasteiger partial charge < -0.3 is 9.47 Å². The summed E-state index contributed by atoms with van der Waals surface area (Å²) in [6.45, 7) is 9.46. The van der Waals surface area contributed by atoms with Crippen molar-refractivity contribution in [2.75, 3.05) is 7.11 Å². The van der Waals surface area contributed by atoms with E-state index in [1.54, 1.807) is 13.0 Å². The standard InChI is InChI=1S/C14H22O4/c1-6-14(4,9-7-8-11(2)3)18-13(16)10-12(15)17-5/h6,8H,1,7,9-10H2,2-5H3. The van der Waals surface area contributed by atoms with Crippen LogP contribution < -0.4 is 0 Å². The minimum Gasteiger partial charge on any atom is -0.469 e. The molecular formula is C14H22O4. The van der Waals surface area contributed by atoms with E-state index in [0.29, 0.717) is 6.42 Å². The molecule has 0 fully saturated rings. The van der Waals surface area contributed by atoms with Crippen LogP contribution in [0.5, 0.6) is 0 Å². The molecule has 0 heterocycles. The number of carbonyl (C=O) groups excluding carboxylic acids is 2. The lowest BCUT2D eigenvalue weighted by molar-refractivity contribution is -0.160. The highest BCUT2D eigenvalue weighted by Gasteiger charge is 2.25.